The van der Waals surface area contributed by atoms with Crippen molar-refractivity contribution in [3.63, 3.8) is 0 Å². The SMILES string of the molecule is CCOC(C)OS(=O)(=O)OC(C)OCC. The fourth-order valence-corrected chi connectivity index (χ4v) is 1.70. The van der Waals surface area contributed by atoms with Crippen molar-refractivity contribution in [1.82, 2.24) is 0 Å². The lowest BCUT2D eigenvalue weighted by Crippen LogP contribution is -2.25. The van der Waals surface area contributed by atoms with E-state index in [-0.39, 0.29) is 0 Å². The predicted molar refractivity (Wildman–Crippen MR) is 53.3 cm³/mol. The van der Waals surface area contributed by atoms with Gasteiger partial charge in [0.2, 0.25) is 0 Å². The average Bonchev–Trinajstić information content (AvgIpc) is 2.01. The Morgan fingerprint density at radius 2 is 1.27 bits per heavy atom. The maximum atomic E-state index is 11.2. The normalized spacial score (nSPS) is 16.3. The van der Waals surface area contributed by atoms with Crippen LogP contribution >= 0.6 is 0 Å². The third-order valence-corrected chi connectivity index (χ3v) is 2.32. The Labute approximate surface area is 90.8 Å². The van der Waals surface area contributed by atoms with Gasteiger partial charge in [0.25, 0.3) is 0 Å². The van der Waals surface area contributed by atoms with E-state index in [0.717, 1.165) is 0 Å². The van der Waals surface area contributed by atoms with Crippen LogP contribution in [0.15, 0.2) is 0 Å². The summed E-state index contributed by atoms with van der Waals surface area (Å²) in [5.41, 5.74) is 0. The quantitative estimate of drug-likeness (QED) is 0.592. The van der Waals surface area contributed by atoms with Gasteiger partial charge in [-0.1, -0.05) is 0 Å². The van der Waals surface area contributed by atoms with Crippen LogP contribution in [-0.2, 0) is 28.2 Å². The molecule has 0 N–H and O–H groups in total. The lowest BCUT2D eigenvalue weighted by atomic mass is 10.7. The van der Waals surface area contributed by atoms with Gasteiger partial charge in [0.15, 0.2) is 12.6 Å². The van der Waals surface area contributed by atoms with Crippen molar-refractivity contribution >= 4 is 10.4 Å². The van der Waals surface area contributed by atoms with Gasteiger partial charge >= 0.3 is 10.4 Å². The highest BCUT2D eigenvalue weighted by Crippen LogP contribution is 2.07. The predicted octanol–water partition coefficient (Wildman–Crippen LogP) is 1.03. The third kappa shape index (κ3) is 7.69. The summed E-state index contributed by atoms with van der Waals surface area (Å²) in [4.78, 5) is 0. The van der Waals surface area contributed by atoms with Crippen molar-refractivity contribution in [3.05, 3.63) is 0 Å². The van der Waals surface area contributed by atoms with Crippen LogP contribution in [0.2, 0.25) is 0 Å². The van der Waals surface area contributed by atoms with E-state index < -0.39 is 23.0 Å². The van der Waals surface area contributed by atoms with E-state index >= 15 is 0 Å². The summed E-state index contributed by atoms with van der Waals surface area (Å²) in [6.45, 7) is 7.12. The second kappa shape index (κ2) is 7.13. The topological polar surface area (TPSA) is 71.1 Å². The van der Waals surface area contributed by atoms with Crippen LogP contribution in [0, 0.1) is 0 Å². The monoisotopic (exact) mass is 242 g/mol. The van der Waals surface area contributed by atoms with Gasteiger partial charge in [-0.2, -0.15) is 8.42 Å². The molecule has 0 aliphatic carbocycles. The van der Waals surface area contributed by atoms with Gasteiger partial charge in [-0.3, -0.25) is 0 Å². The molecule has 0 saturated carbocycles. The first-order valence-electron chi connectivity index (χ1n) is 4.76. The summed E-state index contributed by atoms with van der Waals surface area (Å²) in [6, 6.07) is 0. The van der Waals surface area contributed by atoms with E-state index in [0.29, 0.717) is 13.2 Å². The minimum absolute atomic E-state index is 0.359. The Hall–Kier alpha value is -0.210. The first kappa shape index (κ1) is 14.8. The van der Waals surface area contributed by atoms with Crippen molar-refractivity contribution in [2.24, 2.45) is 0 Å². The molecule has 2 unspecified atom stereocenters. The molecule has 0 aromatic rings. The zero-order chi connectivity index (χ0) is 11.9. The number of ether oxygens (including phenoxy) is 2. The molecular formula is C8H18O6S. The highest BCUT2D eigenvalue weighted by Gasteiger charge is 2.20. The van der Waals surface area contributed by atoms with Crippen LogP contribution in [0.5, 0.6) is 0 Å². The van der Waals surface area contributed by atoms with E-state index in [1.807, 2.05) is 0 Å². The van der Waals surface area contributed by atoms with Crippen LogP contribution in [-0.4, -0.2) is 34.2 Å². The average molecular weight is 242 g/mol. The molecule has 0 saturated heterocycles. The molecule has 0 aliphatic heterocycles. The molecule has 0 aromatic carbocycles. The zero-order valence-electron chi connectivity index (χ0n) is 9.43. The van der Waals surface area contributed by atoms with Gasteiger partial charge in [-0.05, 0) is 27.7 Å². The second-order valence-electron chi connectivity index (χ2n) is 2.65. The molecule has 7 heteroatoms. The molecule has 0 aliphatic rings. The van der Waals surface area contributed by atoms with Gasteiger partial charge < -0.3 is 9.47 Å². The lowest BCUT2D eigenvalue weighted by molar-refractivity contribution is -0.0951. The standard InChI is InChI=1S/C8H18O6S/c1-5-11-7(3)13-15(9,10)14-8(4)12-6-2/h7-8H,5-6H2,1-4H3. The summed E-state index contributed by atoms with van der Waals surface area (Å²) < 4.78 is 41.3. The Balaban J connectivity index is 4.07. The summed E-state index contributed by atoms with van der Waals surface area (Å²) in [5, 5.41) is 0. The molecule has 0 amide bonds. The van der Waals surface area contributed by atoms with Gasteiger partial charge in [0.1, 0.15) is 0 Å². The Bertz CT molecular complexity index is 230. The fourth-order valence-electron chi connectivity index (χ4n) is 0.880. The molecule has 0 aromatic heterocycles. The molecular weight excluding hydrogens is 224 g/mol. The summed E-state index contributed by atoms with van der Waals surface area (Å²) in [6.07, 6.45) is -1.73. The maximum Gasteiger partial charge on any atom is 0.404 e. The highest BCUT2D eigenvalue weighted by atomic mass is 32.3. The van der Waals surface area contributed by atoms with Gasteiger partial charge in [-0.25, -0.2) is 8.37 Å². The molecule has 15 heavy (non-hydrogen) atoms. The van der Waals surface area contributed by atoms with Crippen molar-refractivity contribution in [2.45, 2.75) is 40.3 Å². The van der Waals surface area contributed by atoms with Gasteiger partial charge in [0.05, 0.1) is 0 Å². The van der Waals surface area contributed by atoms with Crippen LogP contribution in [0.1, 0.15) is 27.7 Å². The second-order valence-corrected chi connectivity index (χ2v) is 3.85. The Kier molecular flexibility index (Phi) is 7.03. The van der Waals surface area contributed by atoms with Crippen molar-refractivity contribution in [2.75, 3.05) is 13.2 Å². The minimum Gasteiger partial charge on any atom is -0.352 e. The molecule has 0 radical (unpaired) electrons. The zero-order valence-corrected chi connectivity index (χ0v) is 10.2. The fraction of sp³-hybridized carbons (Fsp3) is 1.00. The molecule has 0 fully saturated rings. The summed E-state index contributed by atoms with van der Waals surface area (Å²) >= 11 is 0. The summed E-state index contributed by atoms with van der Waals surface area (Å²) in [7, 11) is -4.07. The Morgan fingerprint density at radius 1 is 0.933 bits per heavy atom. The number of hydrogen-bond acceptors (Lipinski definition) is 6. The summed E-state index contributed by atoms with van der Waals surface area (Å²) in [5.74, 6) is 0. The van der Waals surface area contributed by atoms with Crippen molar-refractivity contribution < 1.29 is 26.3 Å². The van der Waals surface area contributed by atoms with E-state index in [4.69, 9.17) is 9.47 Å². The molecule has 0 rings (SSSR count). The number of rotatable bonds is 8. The van der Waals surface area contributed by atoms with Gasteiger partial charge in [0, 0.05) is 13.2 Å². The van der Waals surface area contributed by atoms with Crippen LogP contribution < -0.4 is 0 Å². The van der Waals surface area contributed by atoms with E-state index in [1.54, 1.807) is 13.8 Å². The molecule has 0 bridgehead atoms. The lowest BCUT2D eigenvalue weighted by Gasteiger charge is -2.15. The number of hydrogen-bond donors (Lipinski definition) is 0. The smallest absolute Gasteiger partial charge is 0.352 e. The first-order valence-corrected chi connectivity index (χ1v) is 6.09. The van der Waals surface area contributed by atoms with Crippen LogP contribution in [0.4, 0.5) is 0 Å². The molecule has 2 atom stereocenters. The van der Waals surface area contributed by atoms with E-state index in [2.05, 4.69) is 8.37 Å². The highest BCUT2D eigenvalue weighted by molar-refractivity contribution is 7.81. The van der Waals surface area contributed by atoms with Crippen molar-refractivity contribution in [3.8, 4) is 0 Å². The van der Waals surface area contributed by atoms with E-state index in [9.17, 15) is 8.42 Å². The molecule has 6 nitrogen and oxygen atoms in total. The first-order chi connectivity index (χ1) is 6.91. The largest absolute Gasteiger partial charge is 0.404 e. The van der Waals surface area contributed by atoms with E-state index in [1.165, 1.54) is 13.8 Å². The Morgan fingerprint density at radius 3 is 1.53 bits per heavy atom. The molecule has 0 heterocycles. The van der Waals surface area contributed by atoms with Crippen LogP contribution in [0.25, 0.3) is 0 Å². The molecule has 92 valence electrons. The minimum atomic E-state index is -4.07. The molecule has 0 spiro atoms. The maximum absolute atomic E-state index is 11.2. The van der Waals surface area contributed by atoms with Gasteiger partial charge in [-0.15, -0.1) is 0 Å². The third-order valence-electron chi connectivity index (χ3n) is 1.31. The van der Waals surface area contributed by atoms with Crippen molar-refractivity contribution in [1.29, 1.82) is 0 Å². The van der Waals surface area contributed by atoms with Crippen LogP contribution in [0.3, 0.4) is 0 Å².